The topological polar surface area (TPSA) is 87.1 Å². The minimum atomic E-state index is -0.311. The average Bonchev–Trinajstić information content (AvgIpc) is 3.12. The molecule has 0 aliphatic rings. The number of methoxy groups -OCH3 is 1. The molecule has 0 bridgehead atoms. The first-order chi connectivity index (χ1) is 9.78. The first kappa shape index (κ1) is 13.2. The summed E-state index contributed by atoms with van der Waals surface area (Å²) in [5.41, 5.74) is 7.76. The van der Waals surface area contributed by atoms with E-state index in [0.717, 1.165) is 15.8 Å². The van der Waals surface area contributed by atoms with E-state index in [1.807, 2.05) is 17.5 Å². The normalized spacial score (nSPS) is 12.9. The minimum Gasteiger partial charge on any atom is -0.385 e. The van der Waals surface area contributed by atoms with Gasteiger partial charge in [0.25, 0.3) is 0 Å². The highest BCUT2D eigenvalue weighted by atomic mass is 32.1. The van der Waals surface area contributed by atoms with E-state index in [2.05, 4.69) is 15.1 Å². The van der Waals surface area contributed by atoms with Crippen molar-refractivity contribution in [3.05, 3.63) is 29.6 Å². The average molecular weight is 290 g/mol. The zero-order valence-electron chi connectivity index (χ0n) is 10.9. The van der Waals surface area contributed by atoms with Gasteiger partial charge in [-0.3, -0.25) is 4.98 Å². The fourth-order valence-electron chi connectivity index (χ4n) is 1.84. The largest absolute Gasteiger partial charge is 0.385 e. The fourth-order valence-corrected chi connectivity index (χ4v) is 2.62. The predicted molar refractivity (Wildman–Crippen MR) is 76.3 cm³/mol. The van der Waals surface area contributed by atoms with Crippen LogP contribution in [0.15, 0.2) is 28.2 Å². The van der Waals surface area contributed by atoms with E-state index in [-0.39, 0.29) is 6.04 Å². The summed E-state index contributed by atoms with van der Waals surface area (Å²) in [5.74, 6) is 0.930. The van der Waals surface area contributed by atoms with Gasteiger partial charge in [0.2, 0.25) is 11.7 Å². The molecule has 6 nitrogen and oxygen atoms in total. The van der Waals surface area contributed by atoms with E-state index in [4.69, 9.17) is 15.0 Å². The van der Waals surface area contributed by atoms with Crippen LogP contribution in [0.5, 0.6) is 0 Å². The van der Waals surface area contributed by atoms with Gasteiger partial charge < -0.3 is 15.0 Å². The first-order valence-corrected chi connectivity index (χ1v) is 7.07. The molecular formula is C13H14N4O2S. The SMILES string of the molecule is COCCC(N)c1nc(-c2cnc3ccsc3c2)no1. The van der Waals surface area contributed by atoms with Crippen LogP contribution in [0.25, 0.3) is 21.6 Å². The number of rotatable bonds is 5. The van der Waals surface area contributed by atoms with Crippen LogP contribution in [0.4, 0.5) is 0 Å². The lowest BCUT2D eigenvalue weighted by molar-refractivity contribution is 0.182. The third-order valence-corrected chi connectivity index (χ3v) is 3.81. The second-order valence-corrected chi connectivity index (χ2v) is 5.32. The number of ether oxygens (including phenoxy) is 1. The van der Waals surface area contributed by atoms with Gasteiger partial charge >= 0.3 is 0 Å². The fraction of sp³-hybridized carbons (Fsp3) is 0.308. The zero-order chi connectivity index (χ0) is 13.9. The van der Waals surface area contributed by atoms with Gasteiger partial charge in [0, 0.05) is 25.5 Å². The van der Waals surface area contributed by atoms with Crippen molar-refractivity contribution < 1.29 is 9.26 Å². The van der Waals surface area contributed by atoms with Crippen LogP contribution in [0.3, 0.4) is 0 Å². The van der Waals surface area contributed by atoms with Crippen LogP contribution in [0.2, 0.25) is 0 Å². The van der Waals surface area contributed by atoms with Crippen molar-refractivity contribution in [1.82, 2.24) is 15.1 Å². The number of hydrogen-bond acceptors (Lipinski definition) is 7. The van der Waals surface area contributed by atoms with Crippen LogP contribution in [0, 0.1) is 0 Å². The molecule has 3 heterocycles. The molecule has 1 unspecified atom stereocenters. The van der Waals surface area contributed by atoms with Gasteiger partial charge in [0.1, 0.15) is 0 Å². The van der Waals surface area contributed by atoms with Gasteiger partial charge in [-0.15, -0.1) is 11.3 Å². The monoisotopic (exact) mass is 290 g/mol. The number of thiophene rings is 1. The van der Waals surface area contributed by atoms with Crippen molar-refractivity contribution in [3.63, 3.8) is 0 Å². The summed E-state index contributed by atoms with van der Waals surface area (Å²) >= 11 is 1.63. The van der Waals surface area contributed by atoms with Crippen LogP contribution < -0.4 is 5.73 Å². The standard InChI is InChI=1S/C13H14N4O2S/c1-18-4-2-9(14)13-16-12(17-19-13)8-6-11-10(15-7-8)3-5-20-11/h3,5-7,9H,2,4,14H2,1H3. The summed E-state index contributed by atoms with van der Waals surface area (Å²) in [7, 11) is 1.63. The molecule has 2 N–H and O–H groups in total. The number of hydrogen-bond donors (Lipinski definition) is 1. The van der Waals surface area contributed by atoms with Crippen molar-refractivity contribution in [3.8, 4) is 11.4 Å². The quantitative estimate of drug-likeness (QED) is 0.776. The van der Waals surface area contributed by atoms with Gasteiger partial charge in [-0.1, -0.05) is 5.16 Å². The smallest absolute Gasteiger partial charge is 0.243 e. The lowest BCUT2D eigenvalue weighted by atomic mass is 10.2. The molecule has 104 valence electrons. The first-order valence-electron chi connectivity index (χ1n) is 6.19. The van der Waals surface area contributed by atoms with Crippen LogP contribution in [0.1, 0.15) is 18.4 Å². The van der Waals surface area contributed by atoms with E-state index in [0.29, 0.717) is 24.7 Å². The van der Waals surface area contributed by atoms with E-state index >= 15 is 0 Å². The van der Waals surface area contributed by atoms with Crippen LogP contribution >= 0.6 is 11.3 Å². The van der Waals surface area contributed by atoms with Gasteiger partial charge in [0.15, 0.2) is 0 Å². The third-order valence-electron chi connectivity index (χ3n) is 2.95. The Hall–Kier alpha value is -1.83. The second-order valence-electron chi connectivity index (χ2n) is 4.37. The van der Waals surface area contributed by atoms with Gasteiger partial charge in [-0.2, -0.15) is 4.98 Å². The molecule has 3 aromatic rings. The van der Waals surface area contributed by atoms with Crippen molar-refractivity contribution in [1.29, 1.82) is 0 Å². The Labute approximate surface area is 119 Å². The Bertz CT molecular complexity index is 709. The van der Waals surface area contributed by atoms with Crippen LogP contribution in [-0.4, -0.2) is 28.8 Å². The second kappa shape index (κ2) is 5.66. The number of nitrogens with zero attached hydrogens (tertiary/aromatic N) is 3. The number of aromatic nitrogens is 3. The maximum Gasteiger partial charge on any atom is 0.243 e. The number of pyridine rings is 1. The summed E-state index contributed by atoms with van der Waals surface area (Å²) in [6.07, 6.45) is 2.38. The summed E-state index contributed by atoms with van der Waals surface area (Å²) < 4.78 is 11.3. The molecule has 0 aliphatic carbocycles. The summed E-state index contributed by atoms with van der Waals surface area (Å²) in [6.45, 7) is 0.557. The molecule has 7 heteroatoms. The Kier molecular flexibility index (Phi) is 3.72. The molecule has 20 heavy (non-hydrogen) atoms. The highest BCUT2D eigenvalue weighted by molar-refractivity contribution is 7.17. The Balaban J connectivity index is 1.85. The number of fused-ring (bicyclic) bond motifs is 1. The maximum atomic E-state index is 5.96. The number of nitrogens with two attached hydrogens (primary N) is 1. The van der Waals surface area contributed by atoms with Gasteiger partial charge in [0.05, 0.1) is 16.3 Å². The molecule has 0 aliphatic heterocycles. The molecule has 0 fully saturated rings. The van der Waals surface area contributed by atoms with E-state index < -0.39 is 0 Å². The summed E-state index contributed by atoms with van der Waals surface area (Å²) in [4.78, 5) is 8.69. The molecule has 1 atom stereocenters. The lowest BCUT2D eigenvalue weighted by Gasteiger charge is -2.04. The molecule has 0 spiro atoms. The van der Waals surface area contributed by atoms with Crippen molar-refractivity contribution in [2.24, 2.45) is 5.73 Å². The molecular weight excluding hydrogens is 276 g/mol. The van der Waals surface area contributed by atoms with Crippen LogP contribution in [-0.2, 0) is 4.74 Å². The minimum absolute atomic E-state index is 0.311. The highest BCUT2D eigenvalue weighted by Gasteiger charge is 2.16. The van der Waals surface area contributed by atoms with E-state index in [1.54, 1.807) is 24.6 Å². The molecule has 0 aromatic carbocycles. The third kappa shape index (κ3) is 2.55. The summed E-state index contributed by atoms with van der Waals surface area (Å²) in [6, 6.07) is 3.67. The maximum absolute atomic E-state index is 5.96. The Morgan fingerprint density at radius 2 is 2.40 bits per heavy atom. The Morgan fingerprint density at radius 3 is 3.25 bits per heavy atom. The molecule has 3 aromatic heterocycles. The highest BCUT2D eigenvalue weighted by Crippen LogP contribution is 2.25. The van der Waals surface area contributed by atoms with Crippen molar-refractivity contribution in [2.75, 3.05) is 13.7 Å². The van der Waals surface area contributed by atoms with Gasteiger partial charge in [-0.05, 0) is 23.9 Å². The van der Waals surface area contributed by atoms with Gasteiger partial charge in [-0.25, -0.2) is 0 Å². The predicted octanol–water partition coefficient (Wildman–Crippen LogP) is 2.38. The van der Waals surface area contributed by atoms with Crippen molar-refractivity contribution >= 4 is 21.6 Å². The molecule has 0 amide bonds. The lowest BCUT2D eigenvalue weighted by Crippen LogP contribution is -2.12. The Morgan fingerprint density at radius 1 is 1.50 bits per heavy atom. The molecule has 3 rings (SSSR count). The van der Waals surface area contributed by atoms with E-state index in [9.17, 15) is 0 Å². The molecule has 0 radical (unpaired) electrons. The zero-order valence-corrected chi connectivity index (χ0v) is 11.8. The molecule has 0 saturated carbocycles. The summed E-state index contributed by atoms with van der Waals surface area (Å²) in [5, 5.41) is 5.97. The molecule has 0 saturated heterocycles. The van der Waals surface area contributed by atoms with Crippen molar-refractivity contribution in [2.45, 2.75) is 12.5 Å². The van der Waals surface area contributed by atoms with E-state index in [1.165, 1.54) is 0 Å².